The highest BCUT2D eigenvalue weighted by Crippen LogP contribution is 2.19. The standard InChI is InChI=1S/C14H18N6O/c1-11-8-15-9-13(18-11)20-5-3-19(4-6-20)12-7-14(21-2)17-10-16-12/h7-10H,3-6H2,1-2H3. The zero-order valence-electron chi connectivity index (χ0n) is 12.2. The van der Waals surface area contributed by atoms with E-state index in [4.69, 9.17) is 4.74 Å². The molecule has 2 aromatic rings. The third-order valence-corrected chi connectivity index (χ3v) is 3.51. The third-order valence-electron chi connectivity index (χ3n) is 3.51. The molecule has 0 atom stereocenters. The summed E-state index contributed by atoms with van der Waals surface area (Å²) in [5, 5.41) is 0. The van der Waals surface area contributed by atoms with Gasteiger partial charge < -0.3 is 14.5 Å². The summed E-state index contributed by atoms with van der Waals surface area (Å²) >= 11 is 0. The van der Waals surface area contributed by atoms with E-state index in [0.29, 0.717) is 5.88 Å². The Hall–Kier alpha value is -2.44. The minimum absolute atomic E-state index is 0.590. The Morgan fingerprint density at radius 3 is 2.38 bits per heavy atom. The molecule has 1 aliphatic rings. The summed E-state index contributed by atoms with van der Waals surface area (Å²) in [5.74, 6) is 2.43. The molecule has 0 unspecified atom stereocenters. The molecule has 3 heterocycles. The van der Waals surface area contributed by atoms with Crippen LogP contribution in [0.4, 0.5) is 11.6 Å². The number of hydrogen-bond acceptors (Lipinski definition) is 7. The smallest absolute Gasteiger partial charge is 0.218 e. The van der Waals surface area contributed by atoms with Gasteiger partial charge in [0.15, 0.2) is 0 Å². The summed E-state index contributed by atoms with van der Waals surface area (Å²) in [5.41, 5.74) is 0.940. The molecular formula is C14H18N6O. The first-order valence-electron chi connectivity index (χ1n) is 6.91. The van der Waals surface area contributed by atoms with Crippen molar-refractivity contribution in [1.29, 1.82) is 0 Å². The molecular weight excluding hydrogens is 268 g/mol. The van der Waals surface area contributed by atoms with E-state index in [1.165, 1.54) is 6.33 Å². The lowest BCUT2D eigenvalue weighted by molar-refractivity contribution is 0.396. The molecule has 7 nitrogen and oxygen atoms in total. The SMILES string of the molecule is COc1cc(N2CCN(c3cncc(C)n3)CC2)ncn1. The first kappa shape index (κ1) is 13.5. The molecule has 3 rings (SSSR count). The van der Waals surface area contributed by atoms with Gasteiger partial charge in [0.1, 0.15) is 18.0 Å². The fraction of sp³-hybridized carbons (Fsp3) is 0.429. The van der Waals surface area contributed by atoms with Gasteiger partial charge in [-0.25, -0.2) is 15.0 Å². The summed E-state index contributed by atoms with van der Waals surface area (Å²) in [7, 11) is 1.61. The van der Waals surface area contributed by atoms with Crippen LogP contribution in [0.25, 0.3) is 0 Å². The number of aryl methyl sites for hydroxylation is 1. The molecule has 1 fully saturated rings. The largest absolute Gasteiger partial charge is 0.481 e. The first-order valence-corrected chi connectivity index (χ1v) is 6.91. The van der Waals surface area contributed by atoms with E-state index in [9.17, 15) is 0 Å². The van der Waals surface area contributed by atoms with Crippen LogP contribution in [0.5, 0.6) is 5.88 Å². The van der Waals surface area contributed by atoms with E-state index in [1.807, 2.05) is 19.2 Å². The minimum atomic E-state index is 0.590. The van der Waals surface area contributed by atoms with Gasteiger partial charge in [-0.1, -0.05) is 0 Å². The summed E-state index contributed by atoms with van der Waals surface area (Å²) in [6, 6.07) is 1.86. The molecule has 0 N–H and O–H groups in total. The minimum Gasteiger partial charge on any atom is -0.481 e. The number of hydrogen-bond donors (Lipinski definition) is 0. The van der Waals surface area contributed by atoms with Crippen molar-refractivity contribution in [3.63, 3.8) is 0 Å². The van der Waals surface area contributed by atoms with Crippen molar-refractivity contribution in [3.05, 3.63) is 30.5 Å². The molecule has 0 spiro atoms. The maximum Gasteiger partial charge on any atom is 0.218 e. The Morgan fingerprint density at radius 2 is 1.71 bits per heavy atom. The second-order valence-electron chi connectivity index (χ2n) is 4.91. The number of nitrogens with zero attached hydrogens (tertiary/aromatic N) is 6. The molecule has 0 radical (unpaired) electrons. The lowest BCUT2D eigenvalue weighted by atomic mass is 10.3. The molecule has 1 aliphatic heterocycles. The predicted octanol–water partition coefficient (Wildman–Crippen LogP) is 0.910. The van der Waals surface area contributed by atoms with E-state index in [0.717, 1.165) is 43.5 Å². The number of aromatic nitrogens is 4. The zero-order chi connectivity index (χ0) is 14.7. The fourth-order valence-corrected chi connectivity index (χ4v) is 2.38. The highest BCUT2D eigenvalue weighted by atomic mass is 16.5. The molecule has 7 heteroatoms. The van der Waals surface area contributed by atoms with Crippen LogP contribution in [-0.4, -0.2) is 53.2 Å². The monoisotopic (exact) mass is 286 g/mol. The Balaban J connectivity index is 1.67. The second-order valence-corrected chi connectivity index (χ2v) is 4.91. The molecule has 0 amide bonds. The number of anilines is 2. The van der Waals surface area contributed by atoms with E-state index in [-0.39, 0.29) is 0 Å². The number of rotatable bonds is 3. The molecule has 2 aromatic heterocycles. The van der Waals surface area contributed by atoms with Gasteiger partial charge in [0.2, 0.25) is 5.88 Å². The van der Waals surface area contributed by atoms with E-state index < -0.39 is 0 Å². The van der Waals surface area contributed by atoms with Crippen molar-refractivity contribution in [2.45, 2.75) is 6.92 Å². The number of methoxy groups -OCH3 is 1. The van der Waals surface area contributed by atoms with E-state index in [1.54, 1.807) is 13.3 Å². The Labute approximate surface area is 123 Å². The lowest BCUT2D eigenvalue weighted by Gasteiger charge is -2.35. The van der Waals surface area contributed by atoms with Gasteiger partial charge in [0.05, 0.1) is 19.0 Å². The van der Waals surface area contributed by atoms with Crippen LogP contribution in [0.1, 0.15) is 5.69 Å². The molecule has 0 aromatic carbocycles. The zero-order valence-corrected chi connectivity index (χ0v) is 12.2. The maximum atomic E-state index is 5.14. The van der Waals surface area contributed by atoms with Crippen LogP contribution in [-0.2, 0) is 0 Å². The second kappa shape index (κ2) is 5.90. The van der Waals surface area contributed by atoms with Gasteiger partial charge in [-0.3, -0.25) is 4.98 Å². The van der Waals surface area contributed by atoms with Gasteiger partial charge in [-0.2, -0.15) is 0 Å². The highest BCUT2D eigenvalue weighted by molar-refractivity contribution is 5.45. The molecule has 1 saturated heterocycles. The van der Waals surface area contributed by atoms with Crippen molar-refractivity contribution in [3.8, 4) is 5.88 Å². The van der Waals surface area contributed by atoms with Gasteiger partial charge in [-0.05, 0) is 6.92 Å². The Morgan fingerprint density at radius 1 is 1.00 bits per heavy atom. The van der Waals surface area contributed by atoms with Gasteiger partial charge in [-0.15, -0.1) is 0 Å². The van der Waals surface area contributed by atoms with Crippen LogP contribution >= 0.6 is 0 Å². The lowest BCUT2D eigenvalue weighted by Crippen LogP contribution is -2.47. The summed E-state index contributed by atoms with van der Waals surface area (Å²) in [6.45, 7) is 5.51. The van der Waals surface area contributed by atoms with Crippen LogP contribution in [0.15, 0.2) is 24.8 Å². The highest BCUT2D eigenvalue weighted by Gasteiger charge is 2.19. The van der Waals surface area contributed by atoms with Crippen LogP contribution in [0.3, 0.4) is 0 Å². The topological polar surface area (TPSA) is 67.3 Å². The average Bonchev–Trinajstić information content (AvgIpc) is 2.55. The van der Waals surface area contributed by atoms with Gasteiger partial charge in [0, 0.05) is 38.4 Å². The third kappa shape index (κ3) is 3.01. The molecule has 0 bridgehead atoms. The summed E-state index contributed by atoms with van der Waals surface area (Å²) < 4.78 is 5.14. The average molecular weight is 286 g/mol. The van der Waals surface area contributed by atoms with Gasteiger partial charge >= 0.3 is 0 Å². The molecule has 0 saturated carbocycles. The van der Waals surface area contributed by atoms with Crippen LogP contribution in [0.2, 0.25) is 0 Å². The first-order chi connectivity index (χ1) is 10.3. The molecule has 21 heavy (non-hydrogen) atoms. The summed E-state index contributed by atoms with van der Waals surface area (Å²) in [4.78, 5) is 21.5. The fourth-order valence-electron chi connectivity index (χ4n) is 2.38. The number of ether oxygens (including phenoxy) is 1. The quantitative estimate of drug-likeness (QED) is 0.830. The van der Waals surface area contributed by atoms with E-state index >= 15 is 0 Å². The van der Waals surface area contributed by atoms with Crippen LogP contribution < -0.4 is 14.5 Å². The number of piperazine rings is 1. The molecule has 110 valence electrons. The molecule has 0 aliphatic carbocycles. The van der Waals surface area contributed by atoms with Crippen molar-refractivity contribution >= 4 is 11.6 Å². The van der Waals surface area contributed by atoms with Gasteiger partial charge in [0.25, 0.3) is 0 Å². The van der Waals surface area contributed by atoms with Crippen LogP contribution in [0, 0.1) is 6.92 Å². The van der Waals surface area contributed by atoms with Crippen molar-refractivity contribution < 1.29 is 4.74 Å². The normalized spacial score (nSPS) is 15.1. The predicted molar refractivity (Wildman–Crippen MR) is 79.8 cm³/mol. The maximum absolute atomic E-state index is 5.14. The van der Waals surface area contributed by atoms with Crippen molar-refractivity contribution in [2.24, 2.45) is 0 Å². The Bertz CT molecular complexity index is 612. The Kier molecular flexibility index (Phi) is 3.81. The van der Waals surface area contributed by atoms with Crippen molar-refractivity contribution in [2.75, 3.05) is 43.1 Å². The van der Waals surface area contributed by atoms with Crippen molar-refractivity contribution in [1.82, 2.24) is 19.9 Å². The summed E-state index contributed by atoms with van der Waals surface area (Å²) in [6.07, 6.45) is 5.12. The van der Waals surface area contributed by atoms with E-state index in [2.05, 4.69) is 29.7 Å².